The number of anilines is 1. The Morgan fingerprint density at radius 1 is 1.00 bits per heavy atom. The minimum absolute atomic E-state index is 0.202. The summed E-state index contributed by atoms with van der Waals surface area (Å²) in [5.41, 5.74) is 2.52. The van der Waals surface area contributed by atoms with E-state index < -0.39 is 35.6 Å². The molecule has 0 fully saturated rings. The van der Waals surface area contributed by atoms with Crippen LogP contribution in [0.3, 0.4) is 0 Å². The number of ether oxygens (including phenoxy) is 1. The Hall–Kier alpha value is -4.28. The minimum Gasteiger partial charge on any atom is -0.444 e. The topological polar surface area (TPSA) is 87.7 Å². The Bertz CT molecular complexity index is 1410. The molecule has 0 aromatic heterocycles. The number of alkyl carbamates (subject to hydrolysis) is 1. The smallest absolute Gasteiger partial charge is 0.408 e. The van der Waals surface area contributed by atoms with E-state index in [1.807, 2.05) is 50.2 Å². The van der Waals surface area contributed by atoms with Gasteiger partial charge in [0, 0.05) is 18.5 Å². The summed E-state index contributed by atoms with van der Waals surface area (Å²) in [5, 5.41) is 6.08. The quantitative estimate of drug-likeness (QED) is 0.259. The number of halogens is 1. The summed E-state index contributed by atoms with van der Waals surface area (Å²) in [6, 6.07) is 19.6. The molecular formula is C34H38ClN3O4. The first-order valence-corrected chi connectivity index (χ1v) is 14.3. The lowest BCUT2D eigenvalue weighted by molar-refractivity contribution is -0.140. The van der Waals surface area contributed by atoms with Crippen molar-refractivity contribution < 1.29 is 19.1 Å². The van der Waals surface area contributed by atoms with E-state index in [2.05, 4.69) is 16.6 Å². The second-order valence-corrected chi connectivity index (χ2v) is 11.4. The standard InChI is InChI=1S/C34H38ClN3O4/c1-7-21-38(32(40)28(22-25-14-10-9-11-15-25)36-33(41)42-34(4,5)6)30(26-19-17-24(8-2)18-20-26)31(39)37-29-23(3)13-12-16-27(29)35/h2,9-20,28,30H,7,21-22H2,1,3-6H3,(H,36,41)(H,37,39). The molecule has 220 valence electrons. The van der Waals surface area contributed by atoms with Gasteiger partial charge in [0.1, 0.15) is 17.7 Å². The van der Waals surface area contributed by atoms with E-state index >= 15 is 0 Å². The number of hydrogen-bond donors (Lipinski definition) is 2. The Labute approximate surface area is 253 Å². The lowest BCUT2D eigenvalue weighted by Crippen LogP contribution is -2.53. The normalized spacial score (nSPS) is 12.4. The van der Waals surface area contributed by atoms with Gasteiger partial charge in [-0.15, -0.1) is 6.42 Å². The second kappa shape index (κ2) is 14.6. The molecule has 0 radical (unpaired) electrons. The fourth-order valence-electron chi connectivity index (χ4n) is 4.52. The van der Waals surface area contributed by atoms with Crippen LogP contribution in [-0.4, -0.2) is 41.0 Å². The van der Waals surface area contributed by atoms with Crippen LogP contribution in [0.2, 0.25) is 5.02 Å². The number of rotatable bonds is 10. The number of carbonyl (C=O) groups excluding carboxylic acids is 3. The van der Waals surface area contributed by atoms with Crippen molar-refractivity contribution in [1.29, 1.82) is 0 Å². The molecule has 0 saturated carbocycles. The number of nitrogens with one attached hydrogen (secondary N) is 2. The molecule has 3 aromatic rings. The number of terminal acetylenes is 1. The third kappa shape index (κ3) is 8.86. The molecule has 7 nitrogen and oxygen atoms in total. The third-order valence-corrected chi connectivity index (χ3v) is 6.76. The van der Waals surface area contributed by atoms with Crippen molar-refractivity contribution in [3.8, 4) is 12.3 Å². The molecule has 3 amide bonds. The van der Waals surface area contributed by atoms with Gasteiger partial charge < -0.3 is 20.3 Å². The number of benzene rings is 3. The highest BCUT2D eigenvalue weighted by molar-refractivity contribution is 6.34. The fraction of sp³-hybridized carbons (Fsp3) is 0.324. The van der Waals surface area contributed by atoms with E-state index in [9.17, 15) is 14.4 Å². The van der Waals surface area contributed by atoms with E-state index in [0.29, 0.717) is 28.3 Å². The molecule has 0 bridgehead atoms. The van der Waals surface area contributed by atoms with Crippen molar-refractivity contribution in [3.05, 3.63) is 100 Å². The van der Waals surface area contributed by atoms with Gasteiger partial charge in [0.15, 0.2) is 0 Å². The molecular weight excluding hydrogens is 550 g/mol. The molecule has 2 N–H and O–H groups in total. The SMILES string of the molecule is C#Cc1ccc(C(C(=O)Nc2c(C)cccc2Cl)N(CCC)C(=O)C(Cc2ccccc2)NC(=O)OC(C)(C)C)cc1. The van der Waals surface area contributed by atoms with Crippen molar-refractivity contribution in [2.45, 2.75) is 65.1 Å². The van der Waals surface area contributed by atoms with Gasteiger partial charge in [-0.3, -0.25) is 9.59 Å². The van der Waals surface area contributed by atoms with Gasteiger partial charge in [0.2, 0.25) is 5.91 Å². The van der Waals surface area contributed by atoms with Crippen LogP contribution in [0.15, 0.2) is 72.8 Å². The van der Waals surface area contributed by atoms with Crippen LogP contribution >= 0.6 is 11.6 Å². The van der Waals surface area contributed by atoms with Gasteiger partial charge in [-0.05, 0) is 69.0 Å². The van der Waals surface area contributed by atoms with E-state index in [-0.39, 0.29) is 13.0 Å². The molecule has 3 aromatic carbocycles. The molecule has 8 heteroatoms. The van der Waals surface area contributed by atoms with E-state index in [1.165, 1.54) is 4.90 Å². The summed E-state index contributed by atoms with van der Waals surface area (Å²) in [6.45, 7) is 9.26. The summed E-state index contributed by atoms with van der Waals surface area (Å²) in [4.78, 5) is 42.8. The first-order chi connectivity index (χ1) is 19.9. The summed E-state index contributed by atoms with van der Waals surface area (Å²) < 4.78 is 5.49. The molecule has 0 aliphatic carbocycles. The number of aryl methyl sites for hydroxylation is 1. The summed E-state index contributed by atoms with van der Waals surface area (Å²) in [5.74, 6) is 1.71. The van der Waals surface area contributed by atoms with Crippen LogP contribution in [0.5, 0.6) is 0 Å². The molecule has 0 spiro atoms. The van der Waals surface area contributed by atoms with Crippen LogP contribution in [0.25, 0.3) is 0 Å². The number of amides is 3. The number of nitrogens with zero attached hydrogens (tertiary/aromatic N) is 1. The van der Waals surface area contributed by atoms with Crippen LogP contribution in [0.1, 0.15) is 62.4 Å². The molecule has 2 atom stereocenters. The first-order valence-electron chi connectivity index (χ1n) is 13.9. The average Bonchev–Trinajstić information content (AvgIpc) is 2.94. The molecule has 0 aliphatic rings. The highest BCUT2D eigenvalue weighted by Gasteiger charge is 2.36. The molecule has 0 saturated heterocycles. The van der Waals surface area contributed by atoms with Gasteiger partial charge in [0.05, 0.1) is 10.7 Å². The second-order valence-electron chi connectivity index (χ2n) is 11.0. The number of para-hydroxylation sites is 1. The maximum Gasteiger partial charge on any atom is 0.408 e. The van der Waals surface area contributed by atoms with Crippen LogP contribution < -0.4 is 10.6 Å². The van der Waals surface area contributed by atoms with Gasteiger partial charge in [-0.2, -0.15) is 0 Å². The highest BCUT2D eigenvalue weighted by Crippen LogP contribution is 2.30. The molecule has 0 aliphatic heterocycles. The van der Waals surface area contributed by atoms with Gasteiger partial charge in [0.25, 0.3) is 5.91 Å². The van der Waals surface area contributed by atoms with E-state index in [1.54, 1.807) is 57.2 Å². The third-order valence-electron chi connectivity index (χ3n) is 6.44. The van der Waals surface area contributed by atoms with E-state index in [4.69, 9.17) is 22.8 Å². The predicted octanol–water partition coefficient (Wildman–Crippen LogP) is 6.68. The van der Waals surface area contributed by atoms with E-state index in [0.717, 1.165) is 11.1 Å². The van der Waals surface area contributed by atoms with Crippen LogP contribution in [-0.2, 0) is 20.7 Å². The summed E-state index contributed by atoms with van der Waals surface area (Å²) in [6.07, 6.45) is 5.61. The predicted molar refractivity (Wildman–Crippen MR) is 167 cm³/mol. The Balaban J connectivity index is 2.07. The van der Waals surface area contributed by atoms with Gasteiger partial charge in [-0.25, -0.2) is 4.79 Å². The summed E-state index contributed by atoms with van der Waals surface area (Å²) in [7, 11) is 0. The minimum atomic E-state index is -1.04. The molecule has 0 heterocycles. The average molecular weight is 588 g/mol. The zero-order chi connectivity index (χ0) is 30.9. The van der Waals surface area contributed by atoms with Crippen LogP contribution in [0.4, 0.5) is 10.5 Å². The zero-order valence-electron chi connectivity index (χ0n) is 24.7. The lowest BCUT2D eigenvalue weighted by Gasteiger charge is -2.34. The molecule has 2 unspecified atom stereocenters. The number of hydrogen-bond acceptors (Lipinski definition) is 4. The van der Waals surface area contributed by atoms with Crippen molar-refractivity contribution in [2.75, 3.05) is 11.9 Å². The van der Waals surface area contributed by atoms with Gasteiger partial charge in [-0.1, -0.05) is 79.0 Å². The van der Waals surface area contributed by atoms with Crippen molar-refractivity contribution in [1.82, 2.24) is 10.2 Å². The fourth-order valence-corrected chi connectivity index (χ4v) is 4.79. The maximum atomic E-state index is 14.4. The Morgan fingerprint density at radius 2 is 1.67 bits per heavy atom. The zero-order valence-corrected chi connectivity index (χ0v) is 25.5. The molecule has 3 rings (SSSR count). The van der Waals surface area contributed by atoms with Crippen molar-refractivity contribution >= 4 is 35.2 Å². The van der Waals surface area contributed by atoms with Gasteiger partial charge >= 0.3 is 6.09 Å². The van der Waals surface area contributed by atoms with Crippen molar-refractivity contribution in [2.24, 2.45) is 0 Å². The number of carbonyl (C=O) groups is 3. The first kappa shape index (κ1) is 32.2. The lowest BCUT2D eigenvalue weighted by atomic mass is 9.99. The Morgan fingerprint density at radius 3 is 2.24 bits per heavy atom. The van der Waals surface area contributed by atoms with Crippen LogP contribution in [0, 0.1) is 19.3 Å². The monoisotopic (exact) mass is 587 g/mol. The molecule has 42 heavy (non-hydrogen) atoms. The largest absolute Gasteiger partial charge is 0.444 e. The maximum absolute atomic E-state index is 14.4. The summed E-state index contributed by atoms with van der Waals surface area (Å²) >= 11 is 6.44. The Kier molecular flexibility index (Phi) is 11.2. The van der Waals surface area contributed by atoms with Crippen molar-refractivity contribution in [3.63, 3.8) is 0 Å². The highest BCUT2D eigenvalue weighted by atomic mass is 35.5.